The van der Waals surface area contributed by atoms with Gasteiger partial charge in [-0.25, -0.2) is 0 Å². The molecule has 5 nitrogen and oxygen atoms in total. The highest BCUT2D eigenvalue weighted by atomic mass is 16.6. The first-order valence-electron chi connectivity index (χ1n) is 3.96. The molecule has 1 aliphatic heterocycles. The fraction of sp³-hybridized carbons (Fsp3) is 0.625. The van der Waals surface area contributed by atoms with Crippen LogP contribution in [0.1, 0.15) is 26.7 Å². The van der Waals surface area contributed by atoms with E-state index in [0.717, 1.165) is 0 Å². The Hall–Kier alpha value is -1.39. The number of primary amides is 1. The number of amides is 1. The lowest BCUT2D eigenvalue weighted by atomic mass is 10.2. The van der Waals surface area contributed by atoms with Gasteiger partial charge in [-0.15, -0.1) is 0 Å². The molecule has 5 heteroatoms. The van der Waals surface area contributed by atoms with Crippen LogP contribution in [-0.2, 0) is 19.1 Å². The van der Waals surface area contributed by atoms with Gasteiger partial charge >= 0.3 is 11.9 Å². The Labute approximate surface area is 76.2 Å². The Balaban J connectivity index is 0.000000226. The van der Waals surface area contributed by atoms with Gasteiger partial charge in [0, 0.05) is 5.92 Å². The van der Waals surface area contributed by atoms with E-state index in [1.54, 1.807) is 13.8 Å². The molecule has 74 valence electrons. The van der Waals surface area contributed by atoms with Crippen molar-refractivity contribution in [3.05, 3.63) is 0 Å². The minimum absolute atomic E-state index is 0.00926. The Morgan fingerprint density at radius 2 is 1.62 bits per heavy atom. The SMILES string of the molecule is CC(C)C(N)=O.O=C1CCC(=O)O1. The fourth-order valence-corrected chi connectivity index (χ4v) is 0.433. The molecular weight excluding hydrogens is 174 g/mol. The van der Waals surface area contributed by atoms with Crippen LogP contribution in [-0.4, -0.2) is 17.8 Å². The molecule has 0 atom stereocenters. The molecule has 0 aromatic carbocycles. The Bertz CT molecular complexity index is 208. The first kappa shape index (κ1) is 11.6. The molecule has 13 heavy (non-hydrogen) atoms. The largest absolute Gasteiger partial charge is 0.393 e. The smallest absolute Gasteiger partial charge is 0.314 e. The Morgan fingerprint density at radius 1 is 1.31 bits per heavy atom. The molecule has 1 rings (SSSR count). The van der Waals surface area contributed by atoms with Crippen LogP contribution in [0.5, 0.6) is 0 Å². The molecule has 0 bridgehead atoms. The van der Waals surface area contributed by atoms with Crippen LogP contribution in [0.3, 0.4) is 0 Å². The maximum absolute atomic E-state index is 10.0. The van der Waals surface area contributed by atoms with Crippen LogP contribution in [0.4, 0.5) is 0 Å². The fourth-order valence-electron chi connectivity index (χ4n) is 0.433. The lowest BCUT2D eigenvalue weighted by Crippen LogP contribution is -2.17. The second-order valence-corrected chi connectivity index (χ2v) is 2.90. The zero-order chi connectivity index (χ0) is 10.4. The maximum Gasteiger partial charge on any atom is 0.314 e. The van der Waals surface area contributed by atoms with Gasteiger partial charge < -0.3 is 10.5 Å². The standard InChI is InChI=1S/C4H9NO.C4H4O3/c1-3(2)4(5)6;5-3-1-2-4(6)7-3/h3H,1-2H3,(H2,5,6);1-2H2. The zero-order valence-corrected chi connectivity index (χ0v) is 7.70. The summed E-state index contributed by atoms with van der Waals surface area (Å²) in [6.45, 7) is 3.53. The zero-order valence-electron chi connectivity index (χ0n) is 7.70. The van der Waals surface area contributed by atoms with Crippen molar-refractivity contribution in [1.82, 2.24) is 0 Å². The highest BCUT2D eigenvalue weighted by Gasteiger charge is 2.19. The van der Waals surface area contributed by atoms with E-state index in [0.29, 0.717) is 0 Å². The number of esters is 2. The van der Waals surface area contributed by atoms with Gasteiger partial charge in [0.2, 0.25) is 5.91 Å². The van der Waals surface area contributed by atoms with Crippen LogP contribution in [0.25, 0.3) is 0 Å². The first-order valence-corrected chi connectivity index (χ1v) is 3.96. The van der Waals surface area contributed by atoms with Gasteiger partial charge in [0.15, 0.2) is 0 Å². The van der Waals surface area contributed by atoms with Gasteiger partial charge in [-0.1, -0.05) is 13.8 Å². The summed E-state index contributed by atoms with van der Waals surface area (Å²) < 4.78 is 4.08. The number of hydrogen-bond donors (Lipinski definition) is 1. The third-order valence-corrected chi connectivity index (χ3v) is 1.33. The summed E-state index contributed by atoms with van der Waals surface area (Å²) in [5, 5.41) is 0. The topological polar surface area (TPSA) is 86.5 Å². The summed E-state index contributed by atoms with van der Waals surface area (Å²) in [5.41, 5.74) is 4.80. The number of carbonyl (C=O) groups is 3. The van der Waals surface area contributed by atoms with E-state index < -0.39 is 11.9 Å². The van der Waals surface area contributed by atoms with E-state index in [1.807, 2.05) is 0 Å². The van der Waals surface area contributed by atoms with Crippen LogP contribution >= 0.6 is 0 Å². The summed E-state index contributed by atoms with van der Waals surface area (Å²) in [7, 11) is 0. The summed E-state index contributed by atoms with van der Waals surface area (Å²) in [6.07, 6.45) is 0.525. The Kier molecular flexibility index (Phi) is 4.72. The molecule has 1 fully saturated rings. The van der Waals surface area contributed by atoms with E-state index >= 15 is 0 Å². The van der Waals surface area contributed by atoms with Gasteiger partial charge in [0.25, 0.3) is 0 Å². The van der Waals surface area contributed by atoms with Crippen molar-refractivity contribution >= 4 is 17.8 Å². The average Bonchev–Trinajstić information content (AvgIpc) is 2.35. The van der Waals surface area contributed by atoms with Crippen molar-refractivity contribution in [2.45, 2.75) is 26.7 Å². The lowest BCUT2D eigenvalue weighted by molar-refractivity contribution is -0.152. The maximum atomic E-state index is 10.0. The van der Waals surface area contributed by atoms with Crippen molar-refractivity contribution in [2.75, 3.05) is 0 Å². The second kappa shape index (κ2) is 5.29. The van der Waals surface area contributed by atoms with Crippen molar-refractivity contribution < 1.29 is 19.1 Å². The number of cyclic esters (lactones) is 2. The minimum atomic E-state index is -0.398. The Morgan fingerprint density at radius 3 is 1.69 bits per heavy atom. The van der Waals surface area contributed by atoms with Gasteiger partial charge in [-0.05, 0) is 0 Å². The summed E-state index contributed by atoms with van der Waals surface area (Å²) in [5.74, 6) is -1.05. The predicted molar refractivity (Wildman–Crippen MR) is 44.4 cm³/mol. The number of carbonyl (C=O) groups excluding carboxylic acids is 3. The normalized spacial score (nSPS) is 15.0. The van der Waals surface area contributed by atoms with E-state index in [1.165, 1.54) is 0 Å². The van der Waals surface area contributed by atoms with Crippen molar-refractivity contribution in [1.29, 1.82) is 0 Å². The summed E-state index contributed by atoms with van der Waals surface area (Å²) >= 11 is 0. The van der Waals surface area contributed by atoms with Crippen molar-refractivity contribution in [3.63, 3.8) is 0 Å². The first-order chi connectivity index (χ1) is 5.93. The van der Waals surface area contributed by atoms with Gasteiger partial charge in [0.05, 0.1) is 12.8 Å². The van der Waals surface area contributed by atoms with Crippen LogP contribution in [0.15, 0.2) is 0 Å². The number of ether oxygens (including phenoxy) is 1. The number of hydrogen-bond acceptors (Lipinski definition) is 4. The van der Waals surface area contributed by atoms with Crippen molar-refractivity contribution in [3.8, 4) is 0 Å². The van der Waals surface area contributed by atoms with Gasteiger partial charge in [-0.3, -0.25) is 14.4 Å². The molecule has 1 saturated heterocycles. The average molecular weight is 187 g/mol. The second-order valence-electron chi connectivity index (χ2n) is 2.90. The third kappa shape index (κ3) is 5.84. The molecule has 0 saturated carbocycles. The van der Waals surface area contributed by atoms with Crippen LogP contribution in [0.2, 0.25) is 0 Å². The number of rotatable bonds is 1. The minimum Gasteiger partial charge on any atom is -0.393 e. The number of nitrogens with two attached hydrogens (primary N) is 1. The molecule has 0 spiro atoms. The van der Waals surface area contributed by atoms with Gasteiger partial charge in [-0.2, -0.15) is 0 Å². The predicted octanol–water partition coefficient (Wildman–Crippen LogP) is -0.0223. The molecule has 1 amide bonds. The summed E-state index contributed by atoms with van der Waals surface area (Å²) in [6, 6.07) is 0. The molecule has 0 aliphatic carbocycles. The monoisotopic (exact) mass is 187 g/mol. The molecule has 0 radical (unpaired) electrons. The summed E-state index contributed by atoms with van der Waals surface area (Å²) in [4.78, 5) is 29.9. The molecular formula is C8H13NO4. The lowest BCUT2D eigenvalue weighted by Gasteiger charge is -1.90. The van der Waals surface area contributed by atoms with E-state index in [2.05, 4.69) is 4.74 Å². The van der Waals surface area contributed by atoms with Crippen molar-refractivity contribution in [2.24, 2.45) is 11.7 Å². The quantitative estimate of drug-likeness (QED) is 0.461. The third-order valence-electron chi connectivity index (χ3n) is 1.33. The molecule has 0 aromatic rings. The highest BCUT2D eigenvalue weighted by molar-refractivity contribution is 5.92. The molecule has 0 unspecified atom stereocenters. The van der Waals surface area contributed by atoms with Gasteiger partial charge in [0.1, 0.15) is 0 Å². The molecule has 0 aromatic heterocycles. The highest BCUT2D eigenvalue weighted by Crippen LogP contribution is 2.03. The van der Waals surface area contributed by atoms with E-state index in [9.17, 15) is 14.4 Å². The molecule has 2 N–H and O–H groups in total. The molecule has 1 heterocycles. The molecule has 1 aliphatic rings. The van der Waals surface area contributed by atoms with Crippen LogP contribution in [0, 0.1) is 5.92 Å². The van der Waals surface area contributed by atoms with E-state index in [-0.39, 0.29) is 24.7 Å². The van der Waals surface area contributed by atoms with Crippen LogP contribution < -0.4 is 5.73 Å². The van der Waals surface area contributed by atoms with E-state index in [4.69, 9.17) is 5.73 Å².